The summed E-state index contributed by atoms with van der Waals surface area (Å²) in [6.45, 7) is 5.44. The molecule has 1 heterocycles. The average Bonchev–Trinajstić information content (AvgIpc) is 2.37. The maximum atomic E-state index is 11.3. The van der Waals surface area contributed by atoms with E-state index in [0.717, 1.165) is 18.7 Å². The third-order valence-corrected chi connectivity index (χ3v) is 2.40. The minimum Gasteiger partial charge on any atom is -0.356 e. The second-order valence-corrected chi connectivity index (χ2v) is 3.91. The SMILES string of the molecule is CCCNC(=O)CCNC(C)c1cnccn1. The molecule has 1 aromatic heterocycles. The average molecular weight is 236 g/mol. The lowest BCUT2D eigenvalue weighted by atomic mass is 10.2. The molecule has 1 atom stereocenters. The van der Waals surface area contributed by atoms with Crippen LogP contribution in [0.2, 0.25) is 0 Å². The Morgan fingerprint density at radius 3 is 2.88 bits per heavy atom. The predicted octanol–water partition coefficient (Wildman–Crippen LogP) is 1.04. The standard InChI is InChI=1S/C12H20N4O/c1-3-5-16-12(17)4-6-14-10(2)11-9-13-7-8-15-11/h7-10,14H,3-6H2,1-2H3,(H,16,17). The minimum atomic E-state index is 0.0886. The summed E-state index contributed by atoms with van der Waals surface area (Å²) in [5.41, 5.74) is 0.890. The van der Waals surface area contributed by atoms with Crippen LogP contribution < -0.4 is 10.6 Å². The number of rotatable bonds is 7. The highest BCUT2D eigenvalue weighted by Crippen LogP contribution is 2.05. The Hall–Kier alpha value is -1.49. The van der Waals surface area contributed by atoms with Gasteiger partial charge in [-0.25, -0.2) is 0 Å². The maximum absolute atomic E-state index is 11.3. The fourth-order valence-corrected chi connectivity index (χ4v) is 1.39. The van der Waals surface area contributed by atoms with Gasteiger partial charge in [-0.05, 0) is 13.3 Å². The van der Waals surface area contributed by atoms with Gasteiger partial charge in [0.2, 0.25) is 5.91 Å². The summed E-state index contributed by atoms with van der Waals surface area (Å²) in [7, 11) is 0. The Balaban J connectivity index is 2.20. The number of nitrogens with zero attached hydrogens (tertiary/aromatic N) is 2. The van der Waals surface area contributed by atoms with Crippen molar-refractivity contribution in [2.24, 2.45) is 0 Å². The Labute approximate surface area is 102 Å². The first kappa shape index (κ1) is 13.6. The molecule has 0 aromatic carbocycles. The number of hydrogen-bond acceptors (Lipinski definition) is 4. The van der Waals surface area contributed by atoms with Crippen LogP contribution in [0.3, 0.4) is 0 Å². The zero-order valence-corrected chi connectivity index (χ0v) is 10.4. The third-order valence-electron chi connectivity index (χ3n) is 2.40. The minimum absolute atomic E-state index is 0.0886. The molecule has 0 aliphatic carbocycles. The summed E-state index contributed by atoms with van der Waals surface area (Å²) in [4.78, 5) is 19.5. The summed E-state index contributed by atoms with van der Waals surface area (Å²) >= 11 is 0. The summed E-state index contributed by atoms with van der Waals surface area (Å²) < 4.78 is 0. The summed E-state index contributed by atoms with van der Waals surface area (Å²) in [5.74, 6) is 0.0886. The molecule has 2 N–H and O–H groups in total. The van der Waals surface area contributed by atoms with Gasteiger partial charge in [-0.1, -0.05) is 6.92 Å². The molecule has 0 radical (unpaired) electrons. The number of carbonyl (C=O) groups is 1. The fraction of sp³-hybridized carbons (Fsp3) is 0.583. The smallest absolute Gasteiger partial charge is 0.221 e. The number of aromatic nitrogens is 2. The van der Waals surface area contributed by atoms with Crippen LogP contribution in [0, 0.1) is 0 Å². The van der Waals surface area contributed by atoms with Crippen molar-refractivity contribution >= 4 is 5.91 Å². The van der Waals surface area contributed by atoms with Crippen LogP contribution in [0.4, 0.5) is 0 Å². The van der Waals surface area contributed by atoms with Crippen LogP contribution in [0.1, 0.15) is 38.4 Å². The first-order chi connectivity index (χ1) is 8.24. The largest absolute Gasteiger partial charge is 0.356 e. The van der Waals surface area contributed by atoms with E-state index in [1.807, 2.05) is 13.8 Å². The lowest BCUT2D eigenvalue weighted by Crippen LogP contribution is -2.29. The summed E-state index contributed by atoms with van der Waals surface area (Å²) in [5, 5.41) is 6.08. The van der Waals surface area contributed by atoms with Gasteiger partial charge in [-0.2, -0.15) is 0 Å². The van der Waals surface area contributed by atoms with Crippen LogP contribution in [0.15, 0.2) is 18.6 Å². The molecular weight excluding hydrogens is 216 g/mol. The second kappa shape index (κ2) is 7.73. The monoisotopic (exact) mass is 236 g/mol. The second-order valence-electron chi connectivity index (χ2n) is 3.91. The van der Waals surface area contributed by atoms with Crippen molar-refractivity contribution in [1.29, 1.82) is 0 Å². The van der Waals surface area contributed by atoms with Gasteiger partial charge in [-0.15, -0.1) is 0 Å². The molecule has 0 aliphatic heterocycles. The van der Waals surface area contributed by atoms with Gasteiger partial charge in [-0.3, -0.25) is 14.8 Å². The molecule has 1 rings (SSSR count). The lowest BCUT2D eigenvalue weighted by molar-refractivity contribution is -0.121. The molecule has 0 saturated carbocycles. The molecule has 0 spiro atoms. The molecule has 0 bridgehead atoms. The highest BCUT2D eigenvalue weighted by Gasteiger charge is 2.06. The molecule has 1 unspecified atom stereocenters. The van der Waals surface area contributed by atoms with E-state index in [1.54, 1.807) is 18.6 Å². The molecule has 1 amide bonds. The number of amides is 1. The van der Waals surface area contributed by atoms with E-state index in [2.05, 4.69) is 20.6 Å². The third kappa shape index (κ3) is 5.40. The van der Waals surface area contributed by atoms with Gasteiger partial charge in [0.15, 0.2) is 0 Å². The van der Waals surface area contributed by atoms with Crippen molar-refractivity contribution in [3.63, 3.8) is 0 Å². The van der Waals surface area contributed by atoms with Crippen LogP contribution in [-0.4, -0.2) is 29.0 Å². The zero-order chi connectivity index (χ0) is 12.5. The number of carbonyl (C=O) groups excluding carboxylic acids is 1. The molecule has 94 valence electrons. The Bertz CT molecular complexity index is 329. The van der Waals surface area contributed by atoms with E-state index in [4.69, 9.17) is 0 Å². The highest BCUT2D eigenvalue weighted by atomic mass is 16.1. The summed E-state index contributed by atoms with van der Waals surface area (Å²) in [6, 6.07) is 0.114. The first-order valence-corrected chi connectivity index (χ1v) is 6.00. The fourth-order valence-electron chi connectivity index (χ4n) is 1.39. The van der Waals surface area contributed by atoms with E-state index >= 15 is 0 Å². The molecule has 0 fully saturated rings. The Morgan fingerprint density at radius 2 is 2.24 bits per heavy atom. The van der Waals surface area contributed by atoms with Gasteiger partial charge in [0.25, 0.3) is 0 Å². The normalized spacial score (nSPS) is 12.1. The quantitative estimate of drug-likeness (QED) is 0.742. The molecular formula is C12H20N4O. The van der Waals surface area contributed by atoms with E-state index in [0.29, 0.717) is 13.0 Å². The van der Waals surface area contributed by atoms with Crippen LogP contribution in [0.25, 0.3) is 0 Å². The van der Waals surface area contributed by atoms with Crippen molar-refractivity contribution in [1.82, 2.24) is 20.6 Å². The van der Waals surface area contributed by atoms with E-state index in [-0.39, 0.29) is 11.9 Å². The van der Waals surface area contributed by atoms with Gasteiger partial charge < -0.3 is 10.6 Å². The Morgan fingerprint density at radius 1 is 1.41 bits per heavy atom. The molecule has 1 aromatic rings. The molecule has 17 heavy (non-hydrogen) atoms. The van der Waals surface area contributed by atoms with Gasteiger partial charge >= 0.3 is 0 Å². The molecule has 5 heteroatoms. The van der Waals surface area contributed by atoms with Gasteiger partial charge in [0, 0.05) is 44.1 Å². The van der Waals surface area contributed by atoms with E-state index in [1.165, 1.54) is 0 Å². The van der Waals surface area contributed by atoms with E-state index in [9.17, 15) is 4.79 Å². The highest BCUT2D eigenvalue weighted by molar-refractivity contribution is 5.75. The van der Waals surface area contributed by atoms with Crippen molar-refractivity contribution in [2.75, 3.05) is 13.1 Å². The first-order valence-electron chi connectivity index (χ1n) is 6.00. The number of nitrogens with one attached hydrogen (secondary N) is 2. The number of hydrogen-bond donors (Lipinski definition) is 2. The zero-order valence-electron chi connectivity index (χ0n) is 10.4. The van der Waals surface area contributed by atoms with E-state index < -0.39 is 0 Å². The summed E-state index contributed by atoms with van der Waals surface area (Å²) in [6.07, 6.45) is 6.50. The van der Waals surface area contributed by atoms with Crippen LogP contribution in [-0.2, 0) is 4.79 Å². The Kier molecular flexibility index (Phi) is 6.17. The van der Waals surface area contributed by atoms with Gasteiger partial charge in [0.1, 0.15) is 0 Å². The van der Waals surface area contributed by atoms with Crippen molar-refractivity contribution in [3.8, 4) is 0 Å². The van der Waals surface area contributed by atoms with Crippen LogP contribution >= 0.6 is 0 Å². The lowest BCUT2D eigenvalue weighted by Gasteiger charge is -2.12. The van der Waals surface area contributed by atoms with Gasteiger partial charge in [0.05, 0.1) is 5.69 Å². The topological polar surface area (TPSA) is 66.9 Å². The van der Waals surface area contributed by atoms with Crippen LogP contribution in [0.5, 0.6) is 0 Å². The molecule has 0 saturated heterocycles. The maximum Gasteiger partial charge on any atom is 0.221 e. The van der Waals surface area contributed by atoms with Crippen molar-refractivity contribution in [2.45, 2.75) is 32.7 Å². The van der Waals surface area contributed by atoms with Crippen molar-refractivity contribution < 1.29 is 4.79 Å². The molecule has 5 nitrogen and oxygen atoms in total. The molecule has 0 aliphatic rings. The predicted molar refractivity (Wildman–Crippen MR) is 66.4 cm³/mol. The van der Waals surface area contributed by atoms with Crippen molar-refractivity contribution in [3.05, 3.63) is 24.3 Å².